The normalized spacial score (nSPS) is 10.2. The Kier molecular flexibility index (Phi) is 3.77. The van der Waals surface area contributed by atoms with Gasteiger partial charge in [0, 0.05) is 21.8 Å². The summed E-state index contributed by atoms with van der Waals surface area (Å²) < 4.78 is 5.98. The highest BCUT2D eigenvalue weighted by Crippen LogP contribution is 2.20. The number of carbonyl (C=O) groups is 1. The van der Waals surface area contributed by atoms with Crippen molar-refractivity contribution >= 4 is 21.7 Å². The Labute approximate surface area is 114 Å². The Balaban J connectivity index is 2.38. The number of ether oxygens (including phenoxy) is 1. The fourth-order valence-electron chi connectivity index (χ4n) is 1.56. The molecule has 1 aromatic heterocycles. The fraction of sp³-hybridized carbons (Fsp3) is 0.143. The lowest BCUT2D eigenvalue weighted by Gasteiger charge is -2.05. The molecule has 0 bridgehead atoms. The van der Waals surface area contributed by atoms with E-state index in [9.17, 15) is 4.79 Å². The van der Waals surface area contributed by atoms with Gasteiger partial charge in [0.1, 0.15) is 5.75 Å². The lowest BCUT2D eigenvalue weighted by atomic mass is 10.0. The predicted octanol–water partition coefficient (Wildman–Crippen LogP) is 3.39. The molecule has 0 radical (unpaired) electrons. The summed E-state index contributed by atoms with van der Waals surface area (Å²) in [6, 6.07) is 7.22. The van der Waals surface area contributed by atoms with Gasteiger partial charge in [-0.05, 0) is 24.6 Å². The Morgan fingerprint density at radius 2 is 2.00 bits per heavy atom. The molecule has 0 atom stereocenters. The zero-order valence-electron chi connectivity index (χ0n) is 10.1. The molecule has 0 aliphatic rings. The lowest BCUT2D eigenvalue weighted by molar-refractivity contribution is 0.103. The molecule has 4 heteroatoms. The molecule has 18 heavy (non-hydrogen) atoms. The van der Waals surface area contributed by atoms with Gasteiger partial charge < -0.3 is 4.74 Å². The molecular formula is C14H12BrNO2. The van der Waals surface area contributed by atoms with Gasteiger partial charge in [0.25, 0.3) is 0 Å². The van der Waals surface area contributed by atoms with Crippen molar-refractivity contribution < 1.29 is 9.53 Å². The van der Waals surface area contributed by atoms with Gasteiger partial charge in [-0.3, -0.25) is 9.78 Å². The largest absolute Gasteiger partial charge is 0.495 e. The molecule has 92 valence electrons. The van der Waals surface area contributed by atoms with Gasteiger partial charge >= 0.3 is 0 Å². The van der Waals surface area contributed by atoms with Crippen LogP contribution < -0.4 is 4.74 Å². The van der Waals surface area contributed by atoms with E-state index in [2.05, 4.69) is 20.9 Å². The van der Waals surface area contributed by atoms with Gasteiger partial charge in [0.2, 0.25) is 0 Å². The summed E-state index contributed by atoms with van der Waals surface area (Å²) in [5.74, 6) is 0.508. The standard InChI is InChI=1S/C14H12BrNO2/c1-9-3-4-10(6-13(9)15)14(17)11-5-12(18-2)8-16-7-11/h3-8H,1-2H3. The fourth-order valence-corrected chi connectivity index (χ4v) is 1.93. The number of ketones is 1. The molecule has 1 heterocycles. The number of halogens is 1. The Bertz CT molecular complexity index is 596. The van der Waals surface area contributed by atoms with Crippen molar-refractivity contribution in [3.63, 3.8) is 0 Å². The van der Waals surface area contributed by atoms with Crippen LogP contribution in [0.25, 0.3) is 0 Å². The van der Waals surface area contributed by atoms with Gasteiger partial charge in [0.05, 0.1) is 13.3 Å². The number of hydrogen-bond acceptors (Lipinski definition) is 3. The maximum Gasteiger partial charge on any atom is 0.194 e. The van der Waals surface area contributed by atoms with Gasteiger partial charge in [-0.25, -0.2) is 0 Å². The number of aromatic nitrogens is 1. The van der Waals surface area contributed by atoms with Gasteiger partial charge in [0.15, 0.2) is 5.78 Å². The smallest absolute Gasteiger partial charge is 0.194 e. The van der Waals surface area contributed by atoms with Crippen LogP contribution in [0, 0.1) is 6.92 Å². The maximum absolute atomic E-state index is 12.3. The quantitative estimate of drug-likeness (QED) is 0.816. The van der Waals surface area contributed by atoms with Gasteiger partial charge in [-0.1, -0.05) is 28.1 Å². The molecule has 0 saturated heterocycles. The summed E-state index contributed by atoms with van der Waals surface area (Å²) >= 11 is 3.42. The first-order valence-corrected chi connectivity index (χ1v) is 6.21. The third-order valence-electron chi connectivity index (χ3n) is 2.65. The van der Waals surface area contributed by atoms with E-state index in [-0.39, 0.29) is 5.78 Å². The molecule has 0 N–H and O–H groups in total. The van der Waals surface area contributed by atoms with Crippen molar-refractivity contribution in [2.24, 2.45) is 0 Å². The number of methoxy groups -OCH3 is 1. The van der Waals surface area contributed by atoms with Crippen molar-refractivity contribution in [1.29, 1.82) is 0 Å². The van der Waals surface area contributed by atoms with Crippen LogP contribution in [0.15, 0.2) is 41.1 Å². The number of benzene rings is 1. The first-order chi connectivity index (χ1) is 8.61. The van der Waals surface area contributed by atoms with Crippen molar-refractivity contribution in [3.05, 3.63) is 57.8 Å². The van der Waals surface area contributed by atoms with Crippen LogP contribution in [0.4, 0.5) is 0 Å². The highest BCUT2D eigenvalue weighted by Gasteiger charge is 2.11. The molecule has 0 spiro atoms. The summed E-state index contributed by atoms with van der Waals surface area (Å²) in [5.41, 5.74) is 2.24. The van der Waals surface area contributed by atoms with Gasteiger partial charge in [-0.15, -0.1) is 0 Å². The molecule has 0 aliphatic heterocycles. The average molecular weight is 306 g/mol. The molecule has 2 aromatic rings. The third-order valence-corrected chi connectivity index (χ3v) is 3.50. The van der Waals surface area contributed by atoms with Gasteiger partial charge in [-0.2, -0.15) is 0 Å². The predicted molar refractivity (Wildman–Crippen MR) is 73.1 cm³/mol. The highest BCUT2D eigenvalue weighted by molar-refractivity contribution is 9.10. The molecule has 3 nitrogen and oxygen atoms in total. The Morgan fingerprint density at radius 1 is 1.22 bits per heavy atom. The second-order valence-corrected chi connectivity index (χ2v) is 4.76. The Morgan fingerprint density at radius 3 is 2.67 bits per heavy atom. The SMILES string of the molecule is COc1cncc(C(=O)c2ccc(C)c(Br)c2)c1. The first kappa shape index (κ1) is 12.8. The number of carbonyl (C=O) groups excluding carboxylic acids is 1. The minimum absolute atomic E-state index is 0.0675. The van der Waals surface area contributed by atoms with Crippen molar-refractivity contribution in [2.45, 2.75) is 6.92 Å². The second-order valence-electron chi connectivity index (χ2n) is 3.91. The maximum atomic E-state index is 12.3. The topological polar surface area (TPSA) is 39.2 Å². The summed E-state index contributed by atoms with van der Waals surface area (Å²) in [5, 5.41) is 0. The van der Waals surface area contributed by atoms with Crippen LogP contribution in [0.3, 0.4) is 0 Å². The monoisotopic (exact) mass is 305 g/mol. The second kappa shape index (κ2) is 5.31. The minimum Gasteiger partial charge on any atom is -0.495 e. The molecule has 0 aliphatic carbocycles. The van der Waals surface area contributed by atoms with Crippen LogP contribution in [0.1, 0.15) is 21.5 Å². The van der Waals surface area contributed by atoms with E-state index in [0.29, 0.717) is 16.9 Å². The van der Waals surface area contributed by atoms with Crippen molar-refractivity contribution in [1.82, 2.24) is 4.98 Å². The van der Waals surface area contributed by atoms with Crippen LogP contribution in [-0.2, 0) is 0 Å². The summed E-state index contributed by atoms with van der Waals surface area (Å²) in [6.07, 6.45) is 3.11. The number of pyridine rings is 1. The van der Waals surface area contributed by atoms with E-state index in [4.69, 9.17) is 4.74 Å². The Hall–Kier alpha value is -1.68. The van der Waals surface area contributed by atoms with Crippen molar-refractivity contribution in [2.75, 3.05) is 7.11 Å². The van der Waals surface area contributed by atoms with E-state index < -0.39 is 0 Å². The first-order valence-electron chi connectivity index (χ1n) is 5.41. The van der Waals surface area contributed by atoms with Crippen LogP contribution in [0.2, 0.25) is 0 Å². The van der Waals surface area contributed by atoms with Crippen molar-refractivity contribution in [3.8, 4) is 5.75 Å². The third kappa shape index (κ3) is 2.59. The van der Waals surface area contributed by atoms with E-state index in [1.807, 2.05) is 25.1 Å². The molecule has 0 unspecified atom stereocenters. The summed E-state index contributed by atoms with van der Waals surface area (Å²) in [6.45, 7) is 1.98. The number of aryl methyl sites for hydroxylation is 1. The summed E-state index contributed by atoms with van der Waals surface area (Å²) in [7, 11) is 1.55. The van der Waals surface area contributed by atoms with E-state index in [1.165, 1.54) is 0 Å². The van der Waals surface area contributed by atoms with E-state index >= 15 is 0 Å². The van der Waals surface area contributed by atoms with E-state index in [0.717, 1.165) is 10.0 Å². The highest BCUT2D eigenvalue weighted by atomic mass is 79.9. The number of hydrogen-bond donors (Lipinski definition) is 0. The van der Waals surface area contributed by atoms with Crippen LogP contribution >= 0.6 is 15.9 Å². The molecule has 0 fully saturated rings. The summed E-state index contributed by atoms with van der Waals surface area (Å²) in [4.78, 5) is 16.2. The zero-order valence-corrected chi connectivity index (χ0v) is 11.7. The van der Waals surface area contributed by atoms with E-state index in [1.54, 1.807) is 25.6 Å². The number of rotatable bonds is 3. The van der Waals surface area contributed by atoms with Crippen LogP contribution in [-0.4, -0.2) is 17.9 Å². The number of nitrogens with zero attached hydrogens (tertiary/aromatic N) is 1. The molecule has 2 rings (SSSR count). The average Bonchev–Trinajstić information content (AvgIpc) is 2.41. The minimum atomic E-state index is -0.0675. The molecular weight excluding hydrogens is 294 g/mol. The molecule has 0 amide bonds. The molecule has 0 saturated carbocycles. The van der Waals surface area contributed by atoms with Crippen LogP contribution in [0.5, 0.6) is 5.75 Å². The zero-order chi connectivity index (χ0) is 13.1. The lowest BCUT2D eigenvalue weighted by Crippen LogP contribution is -2.02. The molecule has 1 aromatic carbocycles.